The molecular weight excluding hydrogens is 278 g/mol. The van der Waals surface area contributed by atoms with E-state index in [2.05, 4.69) is 20.9 Å². The van der Waals surface area contributed by atoms with Crippen molar-refractivity contribution in [2.75, 3.05) is 5.73 Å². The highest BCUT2D eigenvalue weighted by molar-refractivity contribution is 9.10. The Balaban J connectivity index is 2.62. The van der Waals surface area contributed by atoms with Crippen molar-refractivity contribution < 1.29 is 8.78 Å². The van der Waals surface area contributed by atoms with Gasteiger partial charge in [0.2, 0.25) is 0 Å². The lowest BCUT2D eigenvalue weighted by atomic mass is 10.1. The predicted molar refractivity (Wildman–Crippen MR) is 61.7 cm³/mol. The van der Waals surface area contributed by atoms with Crippen LogP contribution in [-0.2, 0) is 0 Å². The summed E-state index contributed by atoms with van der Waals surface area (Å²) in [5.41, 5.74) is 6.18. The molecule has 0 saturated heterocycles. The minimum absolute atomic E-state index is 0.108. The highest BCUT2D eigenvalue weighted by Gasteiger charge is 2.11. The van der Waals surface area contributed by atoms with Gasteiger partial charge in [0.1, 0.15) is 11.6 Å². The Bertz CT molecular complexity index is 544. The number of rotatable bonds is 1. The fourth-order valence-electron chi connectivity index (χ4n) is 1.36. The summed E-state index contributed by atoms with van der Waals surface area (Å²) < 4.78 is 27.0. The average molecular weight is 285 g/mol. The standard InChI is InChI=1S/C11H7BrF2N2/c12-6-1-2-9(14)8(3-6)11-10(15)4-7(13)5-16-11/h1-5H,15H2. The first-order valence-electron chi connectivity index (χ1n) is 4.44. The molecule has 1 aromatic carbocycles. The number of nitrogens with zero attached hydrogens (tertiary/aromatic N) is 1. The van der Waals surface area contributed by atoms with Crippen molar-refractivity contribution in [2.45, 2.75) is 0 Å². The van der Waals surface area contributed by atoms with Crippen LogP contribution in [0.2, 0.25) is 0 Å². The molecule has 0 bridgehead atoms. The molecule has 0 amide bonds. The van der Waals surface area contributed by atoms with Gasteiger partial charge in [0.25, 0.3) is 0 Å². The molecule has 0 aliphatic carbocycles. The Morgan fingerprint density at radius 1 is 1.19 bits per heavy atom. The molecule has 0 aliphatic rings. The Morgan fingerprint density at radius 2 is 1.94 bits per heavy atom. The molecule has 5 heteroatoms. The second-order valence-corrected chi connectivity index (χ2v) is 4.13. The zero-order valence-electron chi connectivity index (χ0n) is 8.05. The lowest BCUT2D eigenvalue weighted by molar-refractivity contribution is 0.620. The predicted octanol–water partition coefficient (Wildman–Crippen LogP) is 3.37. The van der Waals surface area contributed by atoms with Crippen LogP contribution in [0.25, 0.3) is 11.3 Å². The van der Waals surface area contributed by atoms with Crippen LogP contribution < -0.4 is 5.73 Å². The van der Waals surface area contributed by atoms with Gasteiger partial charge in [0, 0.05) is 16.1 Å². The molecule has 16 heavy (non-hydrogen) atoms. The Hall–Kier alpha value is -1.49. The number of halogens is 3. The summed E-state index contributed by atoms with van der Waals surface area (Å²) in [6, 6.07) is 5.52. The van der Waals surface area contributed by atoms with Crippen molar-refractivity contribution in [1.29, 1.82) is 0 Å². The number of hydrogen-bond acceptors (Lipinski definition) is 2. The highest BCUT2D eigenvalue weighted by Crippen LogP contribution is 2.28. The number of anilines is 1. The fraction of sp³-hybridized carbons (Fsp3) is 0. The fourth-order valence-corrected chi connectivity index (χ4v) is 1.72. The van der Waals surface area contributed by atoms with Gasteiger partial charge in [-0.2, -0.15) is 0 Å². The van der Waals surface area contributed by atoms with Crippen molar-refractivity contribution in [3.8, 4) is 11.3 Å². The van der Waals surface area contributed by atoms with Crippen LogP contribution in [-0.4, -0.2) is 4.98 Å². The van der Waals surface area contributed by atoms with Crippen LogP contribution in [0, 0.1) is 11.6 Å². The summed E-state index contributed by atoms with van der Waals surface area (Å²) in [4.78, 5) is 3.79. The van der Waals surface area contributed by atoms with Gasteiger partial charge in [0.15, 0.2) is 0 Å². The number of aromatic nitrogens is 1. The van der Waals surface area contributed by atoms with E-state index in [-0.39, 0.29) is 16.9 Å². The molecule has 2 nitrogen and oxygen atoms in total. The lowest BCUT2D eigenvalue weighted by Crippen LogP contribution is -1.96. The number of hydrogen-bond donors (Lipinski definition) is 1. The van der Waals surface area contributed by atoms with Gasteiger partial charge in [-0.3, -0.25) is 4.98 Å². The third kappa shape index (κ3) is 2.04. The first kappa shape index (κ1) is 11.0. The van der Waals surface area contributed by atoms with Crippen LogP contribution >= 0.6 is 15.9 Å². The van der Waals surface area contributed by atoms with E-state index in [1.165, 1.54) is 6.07 Å². The highest BCUT2D eigenvalue weighted by atomic mass is 79.9. The first-order valence-corrected chi connectivity index (χ1v) is 5.23. The van der Waals surface area contributed by atoms with Crippen LogP contribution in [0.1, 0.15) is 0 Å². The van der Waals surface area contributed by atoms with Crippen LogP contribution in [0.4, 0.5) is 14.5 Å². The molecule has 0 fully saturated rings. The maximum absolute atomic E-state index is 13.5. The van der Waals surface area contributed by atoms with E-state index in [0.29, 0.717) is 4.47 Å². The van der Waals surface area contributed by atoms with E-state index in [4.69, 9.17) is 5.73 Å². The third-order valence-corrected chi connectivity index (χ3v) is 2.56. The van der Waals surface area contributed by atoms with Crippen molar-refractivity contribution in [3.63, 3.8) is 0 Å². The summed E-state index contributed by atoms with van der Waals surface area (Å²) in [5, 5.41) is 0. The molecule has 82 valence electrons. The molecule has 1 aromatic heterocycles. The molecule has 0 unspecified atom stereocenters. The molecule has 0 radical (unpaired) electrons. The largest absolute Gasteiger partial charge is 0.397 e. The monoisotopic (exact) mass is 284 g/mol. The maximum atomic E-state index is 13.5. The van der Waals surface area contributed by atoms with Gasteiger partial charge in [-0.1, -0.05) is 15.9 Å². The van der Waals surface area contributed by atoms with Gasteiger partial charge in [-0.15, -0.1) is 0 Å². The van der Waals surface area contributed by atoms with Gasteiger partial charge in [-0.25, -0.2) is 8.78 Å². The molecule has 0 spiro atoms. The van der Waals surface area contributed by atoms with Gasteiger partial charge in [-0.05, 0) is 18.2 Å². The van der Waals surface area contributed by atoms with Crippen molar-refractivity contribution >= 4 is 21.6 Å². The summed E-state index contributed by atoms with van der Waals surface area (Å²) in [5.74, 6) is -0.995. The van der Waals surface area contributed by atoms with E-state index in [1.807, 2.05) is 0 Å². The summed E-state index contributed by atoms with van der Waals surface area (Å²) in [6.45, 7) is 0. The Labute approximate surface area is 99.2 Å². The third-order valence-electron chi connectivity index (χ3n) is 2.07. The van der Waals surface area contributed by atoms with E-state index >= 15 is 0 Å². The topological polar surface area (TPSA) is 38.9 Å². The maximum Gasteiger partial charge on any atom is 0.143 e. The SMILES string of the molecule is Nc1cc(F)cnc1-c1cc(Br)ccc1F. The second-order valence-electron chi connectivity index (χ2n) is 3.22. The zero-order chi connectivity index (χ0) is 11.7. The molecule has 2 aromatic rings. The molecule has 0 saturated carbocycles. The normalized spacial score (nSPS) is 10.4. The number of nitrogen functional groups attached to an aromatic ring is 1. The van der Waals surface area contributed by atoms with Crippen molar-refractivity contribution in [1.82, 2.24) is 4.98 Å². The Kier molecular flexibility index (Phi) is 2.87. The lowest BCUT2D eigenvalue weighted by Gasteiger charge is -2.06. The van der Waals surface area contributed by atoms with E-state index in [0.717, 1.165) is 12.3 Å². The van der Waals surface area contributed by atoms with Crippen LogP contribution in [0.5, 0.6) is 0 Å². The van der Waals surface area contributed by atoms with Gasteiger partial charge >= 0.3 is 0 Å². The molecule has 2 rings (SSSR count). The second kappa shape index (κ2) is 4.17. The van der Waals surface area contributed by atoms with E-state index < -0.39 is 11.6 Å². The smallest absolute Gasteiger partial charge is 0.143 e. The van der Waals surface area contributed by atoms with E-state index in [9.17, 15) is 8.78 Å². The minimum Gasteiger partial charge on any atom is -0.397 e. The molecule has 0 atom stereocenters. The van der Waals surface area contributed by atoms with Crippen molar-refractivity contribution in [3.05, 3.63) is 46.6 Å². The first-order chi connectivity index (χ1) is 7.58. The Morgan fingerprint density at radius 3 is 2.62 bits per heavy atom. The van der Waals surface area contributed by atoms with Crippen LogP contribution in [0.15, 0.2) is 34.9 Å². The number of pyridine rings is 1. The summed E-state index contributed by atoms with van der Waals surface area (Å²) in [7, 11) is 0. The minimum atomic E-state index is -0.545. The summed E-state index contributed by atoms with van der Waals surface area (Å²) in [6.07, 6.45) is 1.01. The van der Waals surface area contributed by atoms with E-state index in [1.54, 1.807) is 12.1 Å². The summed E-state index contributed by atoms with van der Waals surface area (Å²) >= 11 is 3.22. The zero-order valence-corrected chi connectivity index (χ0v) is 9.63. The number of benzene rings is 1. The molecule has 1 heterocycles. The average Bonchev–Trinajstić information content (AvgIpc) is 2.22. The van der Waals surface area contributed by atoms with Gasteiger partial charge in [0.05, 0.1) is 17.6 Å². The number of nitrogens with two attached hydrogens (primary N) is 1. The quantitative estimate of drug-likeness (QED) is 0.872. The molecule has 2 N–H and O–H groups in total. The van der Waals surface area contributed by atoms with Crippen LogP contribution in [0.3, 0.4) is 0 Å². The van der Waals surface area contributed by atoms with Crippen molar-refractivity contribution in [2.24, 2.45) is 0 Å². The molecular formula is C11H7BrF2N2. The molecule has 0 aliphatic heterocycles. The van der Waals surface area contributed by atoms with Gasteiger partial charge < -0.3 is 5.73 Å².